The van der Waals surface area contributed by atoms with Crippen molar-refractivity contribution in [2.45, 2.75) is 38.8 Å². The lowest BCUT2D eigenvalue weighted by Gasteiger charge is -2.22. The van der Waals surface area contributed by atoms with Crippen LogP contribution in [-0.2, 0) is 9.59 Å². The van der Waals surface area contributed by atoms with Gasteiger partial charge in [0.25, 0.3) is 0 Å². The summed E-state index contributed by atoms with van der Waals surface area (Å²) in [6.07, 6.45) is 0.754. The molecule has 0 aromatic heterocycles. The van der Waals surface area contributed by atoms with Crippen LogP contribution in [0.15, 0.2) is 0 Å². The Labute approximate surface area is 94.8 Å². The van der Waals surface area contributed by atoms with Gasteiger partial charge in [0.2, 0.25) is 5.91 Å². The summed E-state index contributed by atoms with van der Waals surface area (Å²) in [5, 5.41) is 20.3. The Hall–Kier alpha value is -1.14. The fraction of sp³-hybridized carbons (Fsp3) is 0.800. The third-order valence-corrected chi connectivity index (χ3v) is 2.63. The first-order chi connectivity index (χ1) is 7.22. The molecule has 0 aromatic carbocycles. The number of nitrogens with two attached hydrogens (primary N) is 1. The normalized spacial score (nSPS) is 18.3. The van der Waals surface area contributed by atoms with Crippen LogP contribution in [0.1, 0.15) is 27.2 Å². The van der Waals surface area contributed by atoms with Gasteiger partial charge in [0.05, 0.1) is 12.6 Å². The number of carboxylic acid groups (broad SMARTS) is 1. The van der Waals surface area contributed by atoms with Crippen molar-refractivity contribution in [3.63, 3.8) is 0 Å². The van der Waals surface area contributed by atoms with Crippen LogP contribution in [0.4, 0.5) is 0 Å². The van der Waals surface area contributed by atoms with E-state index in [0.29, 0.717) is 0 Å². The molecule has 0 radical (unpaired) electrons. The van der Waals surface area contributed by atoms with Crippen LogP contribution in [0.2, 0.25) is 0 Å². The highest BCUT2D eigenvalue weighted by Gasteiger charge is 2.31. The molecule has 0 spiro atoms. The van der Waals surface area contributed by atoms with Crippen LogP contribution in [-0.4, -0.2) is 40.3 Å². The third-order valence-electron chi connectivity index (χ3n) is 2.63. The maximum atomic E-state index is 11.5. The first-order valence-electron chi connectivity index (χ1n) is 5.21. The van der Waals surface area contributed by atoms with Gasteiger partial charge in [-0.2, -0.15) is 0 Å². The van der Waals surface area contributed by atoms with E-state index in [1.54, 1.807) is 0 Å². The van der Waals surface area contributed by atoms with Gasteiger partial charge in [-0.15, -0.1) is 0 Å². The molecular formula is C10H20N2O4. The van der Waals surface area contributed by atoms with Gasteiger partial charge in [0.1, 0.15) is 0 Å². The topological polar surface area (TPSA) is 113 Å². The molecule has 0 rings (SSSR count). The molecule has 0 aliphatic rings. The van der Waals surface area contributed by atoms with Gasteiger partial charge in [0, 0.05) is 0 Å². The number of aliphatic hydroxyl groups is 1. The molecule has 1 amide bonds. The molecule has 0 fully saturated rings. The fourth-order valence-electron chi connectivity index (χ4n) is 0.965. The SMILES string of the molecule is CCC(C)C(N)C(=O)NCC(C)(O)C(=O)O. The summed E-state index contributed by atoms with van der Waals surface area (Å²) < 4.78 is 0. The minimum atomic E-state index is -1.97. The van der Waals surface area contributed by atoms with E-state index in [4.69, 9.17) is 10.8 Å². The average molecular weight is 232 g/mol. The van der Waals surface area contributed by atoms with Crippen LogP contribution < -0.4 is 11.1 Å². The predicted molar refractivity (Wildman–Crippen MR) is 58.7 cm³/mol. The van der Waals surface area contributed by atoms with Crippen LogP contribution in [0.3, 0.4) is 0 Å². The van der Waals surface area contributed by atoms with Crippen LogP contribution in [0, 0.1) is 5.92 Å². The van der Waals surface area contributed by atoms with Crippen molar-refractivity contribution in [1.29, 1.82) is 0 Å². The van der Waals surface area contributed by atoms with Gasteiger partial charge in [-0.25, -0.2) is 4.79 Å². The molecule has 94 valence electrons. The predicted octanol–water partition coefficient (Wildman–Crippen LogP) is -0.688. The Morgan fingerprint density at radius 3 is 2.38 bits per heavy atom. The molecule has 0 saturated carbocycles. The van der Waals surface area contributed by atoms with Crippen LogP contribution >= 0.6 is 0 Å². The van der Waals surface area contributed by atoms with E-state index in [2.05, 4.69) is 5.32 Å². The minimum absolute atomic E-state index is 0.00905. The maximum Gasteiger partial charge on any atom is 0.337 e. The number of hydrogen-bond acceptors (Lipinski definition) is 4. The van der Waals surface area contributed by atoms with E-state index in [1.807, 2.05) is 13.8 Å². The molecule has 5 N–H and O–H groups in total. The van der Waals surface area contributed by atoms with Crippen molar-refractivity contribution >= 4 is 11.9 Å². The lowest BCUT2D eigenvalue weighted by molar-refractivity contribution is -0.156. The Bertz CT molecular complexity index is 266. The summed E-state index contributed by atoms with van der Waals surface area (Å²) in [4.78, 5) is 22.0. The van der Waals surface area contributed by atoms with Crippen molar-refractivity contribution in [2.24, 2.45) is 11.7 Å². The van der Waals surface area contributed by atoms with Crippen molar-refractivity contribution in [3.8, 4) is 0 Å². The van der Waals surface area contributed by atoms with E-state index in [0.717, 1.165) is 13.3 Å². The smallest absolute Gasteiger partial charge is 0.337 e. The summed E-state index contributed by atoms with van der Waals surface area (Å²) in [6, 6.07) is -0.686. The molecule has 6 heteroatoms. The zero-order valence-corrected chi connectivity index (χ0v) is 9.86. The number of amides is 1. The Morgan fingerprint density at radius 2 is 2.00 bits per heavy atom. The van der Waals surface area contributed by atoms with Crippen LogP contribution in [0.25, 0.3) is 0 Å². The molecule has 0 heterocycles. The van der Waals surface area contributed by atoms with E-state index < -0.39 is 23.5 Å². The molecule has 16 heavy (non-hydrogen) atoms. The van der Waals surface area contributed by atoms with E-state index >= 15 is 0 Å². The average Bonchev–Trinajstić information content (AvgIpc) is 2.23. The highest BCUT2D eigenvalue weighted by atomic mass is 16.4. The van der Waals surface area contributed by atoms with Crippen molar-refractivity contribution in [3.05, 3.63) is 0 Å². The van der Waals surface area contributed by atoms with Crippen LogP contribution in [0.5, 0.6) is 0 Å². The highest BCUT2D eigenvalue weighted by Crippen LogP contribution is 2.06. The monoisotopic (exact) mass is 232 g/mol. The first kappa shape index (κ1) is 14.9. The quantitative estimate of drug-likeness (QED) is 0.484. The van der Waals surface area contributed by atoms with Gasteiger partial charge in [-0.1, -0.05) is 20.3 Å². The van der Waals surface area contributed by atoms with E-state index in [1.165, 1.54) is 0 Å². The molecule has 0 aliphatic carbocycles. The summed E-state index contributed by atoms with van der Waals surface area (Å²) in [7, 11) is 0. The number of nitrogens with one attached hydrogen (secondary N) is 1. The molecule has 0 aromatic rings. The van der Waals surface area contributed by atoms with Gasteiger partial charge in [0.15, 0.2) is 5.60 Å². The van der Waals surface area contributed by atoms with Gasteiger partial charge < -0.3 is 21.3 Å². The number of carboxylic acids is 1. The molecule has 6 nitrogen and oxygen atoms in total. The number of aliphatic carboxylic acids is 1. The van der Waals surface area contributed by atoms with Gasteiger partial charge in [-0.3, -0.25) is 4.79 Å². The number of hydrogen-bond donors (Lipinski definition) is 4. The molecule has 3 unspecified atom stereocenters. The molecule has 0 saturated heterocycles. The fourth-order valence-corrected chi connectivity index (χ4v) is 0.965. The first-order valence-corrected chi connectivity index (χ1v) is 5.21. The maximum absolute atomic E-state index is 11.5. The second-order valence-electron chi connectivity index (χ2n) is 4.21. The molecule has 3 atom stereocenters. The lowest BCUT2D eigenvalue weighted by Crippen LogP contribution is -2.51. The Morgan fingerprint density at radius 1 is 1.50 bits per heavy atom. The highest BCUT2D eigenvalue weighted by molar-refractivity contribution is 5.83. The molecule has 0 aliphatic heterocycles. The standard InChI is InChI=1S/C10H20N2O4/c1-4-6(2)7(11)8(13)12-5-10(3,16)9(14)15/h6-7,16H,4-5,11H2,1-3H3,(H,12,13)(H,14,15). The number of carbonyl (C=O) groups is 2. The third kappa shape index (κ3) is 4.16. The zero-order chi connectivity index (χ0) is 12.9. The summed E-state index contributed by atoms with van der Waals surface area (Å²) in [6.45, 7) is 4.50. The lowest BCUT2D eigenvalue weighted by atomic mass is 9.99. The van der Waals surface area contributed by atoms with E-state index in [-0.39, 0.29) is 12.5 Å². The Kier molecular flexibility index (Phi) is 5.40. The summed E-state index contributed by atoms with van der Waals surface area (Å²) >= 11 is 0. The van der Waals surface area contributed by atoms with Gasteiger partial charge in [-0.05, 0) is 12.8 Å². The van der Waals surface area contributed by atoms with Crippen molar-refractivity contribution in [1.82, 2.24) is 5.32 Å². The minimum Gasteiger partial charge on any atom is -0.479 e. The zero-order valence-electron chi connectivity index (χ0n) is 9.86. The Balaban J connectivity index is 4.22. The summed E-state index contributed by atoms with van der Waals surface area (Å²) in [5.74, 6) is -1.82. The molecule has 0 bridgehead atoms. The largest absolute Gasteiger partial charge is 0.479 e. The number of carbonyl (C=O) groups excluding carboxylic acids is 1. The van der Waals surface area contributed by atoms with Gasteiger partial charge >= 0.3 is 5.97 Å². The second-order valence-corrected chi connectivity index (χ2v) is 4.21. The van der Waals surface area contributed by atoms with Crippen molar-refractivity contribution in [2.75, 3.05) is 6.54 Å². The molecular weight excluding hydrogens is 212 g/mol. The number of rotatable bonds is 6. The van der Waals surface area contributed by atoms with E-state index in [9.17, 15) is 14.7 Å². The van der Waals surface area contributed by atoms with Crippen molar-refractivity contribution < 1.29 is 19.8 Å². The second kappa shape index (κ2) is 5.81. The summed E-state index contributed by atoms with van der Waals surface area (Å²) in [5.41, 5.74) is 3.67.